The van der Waals surface area contributed by atoms with Gasteiger partial charge < -0.3 is 0 Å². The molecule has 0 saturated carbocycles. The first-order chi connectivity index (χ1) is 7.87. The Bertz CT molecular complexity index is 408. The van der Waals surface area contributed by atoms with Crippen LogP contribution < -0.4 is 0 Å². The van der Waals surface area contributed by atoms with Crippen LogP contribution in [0.15, 0.2) is 18.2 Å². The molecular weight excluding hydrogens is 229 g/mol. The minimum atomic E-state index is -4.44. The second kappa shape index (κ2) is 5.34. The summed E-state index contributed by atoms with van der Waals surface area (Å²) in [6.07, 6.45) is -4.56. The highest BCUT2D eigenvalue weighted by Crippen LogP contribution is 2.24. The molecule has 0 spiro atoms. The van der Waals surface area contributed by atoms with E-state index in [9.17, 15) is 18.0 Å². The Kier molecular flexibility index (Phi) is 4.32. The first-order valence-electron chi connectivity index (χ1n) is 5.59. The number of hydrogen-bond acceptors (Lipinski definition) is 1. The molecule has 0 bridgehead atoms. The molecule has 0 aliphatic carbocycles. The third-order valence-corrected chi connectivity index (χ3v) is 2.62. The zero-order valence-corrected chi connectivity index (χ0v) is 9.90. The lowest BCUT2D eigenvalue weighted by Gasteiger charge is -2.10. The molecule has 0 unspecified atom stereocenters. The van der Waals surface area contributed by atoms with Crippen molar-refractivity contribution in [1.29, 1.82) is 0 Å². The van der Waals surface area contributed by atoms with Crippen molar-refractivity contribution in [3.8, 4) is 0 Å². The van der Waals surface area contributed by atoms with E-state index in [-0.39, 0.29) is 5.56 Å². The molecule has 0 saturated heterocycles. The van der Waals surface area contributed by atoms with Crippen LogP contribution >= 0.6 is 0 Å². The van der Waals surface area contributed by atoms with Gasteiger partial charge in [-0.05, 0) is 30.0 Å². The lowest BCUT2D eigenvalue weighted by atomic mass is 9.96. The van der Waals surface area contributed by atoms with Gasteiger partial charge in [-0.2, -0.15) is 13.2 Å². The number of ketones is 1. The Morgan fingerprint density at radius 3 is 2.29 bits per heavy atom. The molecular formula is C13H15F3O. The van der Waals surface area contributed by atoms with Crippen molar-refractivity contribution in [1.82, 2.24) is 0 Å². The molecule has 4 heteroatoms. The van der Waals surface area contributed by atoms with Crippen LogP contribution in [0.1, 0.15) is 41.8 Å². The number of alkyl halides is 3. The predicted molar refractivity (Wildman–Crippen MR) is 60.2 cm³/mol. The zero-order chi connectivity index (χ0) is 13.1. The van der Waals surface area contributed by atoms with Crippen molar-refractivity contribution in [3.63, 3.8) is 0 Å². The fourth-order valence-electron chi connectivity index (χ4n) is 1.69. The van der Waals surface area contributed by atoms with Gasteiger partial charge in [-0.3, -0.25) is 4.79 Å². The number of aryl methyl sites for hydroxylation is 2. The van der Waals surface area contributed by atoms with E-state index < -0.39 is 18.4 Å². The first-order valence-corrected chi connectivity index (χ1v) is 5.59. The highest BCUT2D eigenvalue weighted by atomic mass is 19.4. The molecule has 1 rings (SSSR count). The van der Waals surface area contributed by atoms with E-state index in [1.54, 1.807) is 12.1 Å². The largest absolute Gasteiger partial charge is 0.396 e. The van der Waals surface area contributed by atoms with E-state index in [1.165, 1.54) is 0 Å². The smallest absolute Gasteiger partial charge is 0.294 e. The van der Waals surface area contributed by atoms with Crippen LogP contribution in [-0.2, 0) is 12.8 Å². The Labute approximate surface area is 98.6 Å². The molecule has 0 radical (unpaired) electrons. The Morgan fingerprint density at radius 2 is 1.82 bits per heavy atom. The summed E-state index contributed by atoms with van der Waals surface area (Å²) in [6, 6.07) is 5.17. The monoisotopic (exact) mass is 244 g/mol. The van der Waals surface area contributed by atoms with Gasteiger partial charge in [0.15, 0.2) is 5.78 Å². The topological polar surface area (TPSA) is 17.1 Å². The average Bonchev–Trinajstić information content (AvgIpc) is 2.25. The number of benzene rings is 1. The van der Waals surface area contributed by atoms with Crippen LogP contribution in [0.5, 0.6) is 0 Å². The van der Waals surface area contributed by atoms with Crippen LogP contribution in [0.25, 0.3) is 0 Å². The van der Waals surface area contributed by atoms with Crippen LogP contribution in [-0.4, -0.2) is 12.0 Å². The van der Waals surface area contributed by atoms with Gasteiger partial charge in [0, 0.05) is 5.56 Å². The van der Waals surface area contributed by atoms with Crippen LogP contribution in [0.4, 0.5) is 13.2 Å². The third-order valence-electron chi connectivity index (χ3n) is 2.62. The molecule has 0 heterocycles. The molecule has 1 aromatic carbocycles. The lowest BCUT2D eigenvalue weighted by molar-refractivity contribution is -0.125. The molecule has 0 aliphatic heterocycles. The minimum Gasteiger partial charge on any atom is -0.294 e. The average molecular weight is 244 g/mol. The van der Waals surface area contributed by atoms with Gasteiger partial charge in [0.2, 0.25) is 0 Å². The van der Waals surface area contributed by atoms with Gasteiger partial charge in [-0.25, -0.2) is 0 Å². The van der Waals surface area contributed by atoms with E-state index >= 15 is 0 Å². The molecule has 94 valence electrons. The standard InChI is InChI=1S/C13H15F3O/c1-3-9-5-6-10(4-2)11(7-9)12(17)8-13(14,15)16/h5-7H,3-4,8H2,1-2H3. The maximum absolute atomic E-state index is 12.2. The molecule has 0 aromatic heterocycles. The summed E-state index contributed by atoms with van der Waals surface area (Å²) in [7, 11) is 0. The molecule has 0 aliphatic rings. The van der Waals surface area contributed by atoms with Gasteiger partial charge in [-0.1, -0.05) is 26.0 Å². The van der Waals surface area contributed by atoms with Gasteiger partial charge in [0.05, 0.1) is 0 Å². The fourth-order valence-corrected chi connectivity index (χ4v) is 1.69. The van der Waals surface area contributed by atoms with Gasteiger partial charge in [0.25, 0.3) is 0 Å². The highest BCUT2D eigenvalue weighted by Gasteiger charge is 2.32. The maximum Gasteiger partial charge on any atom is 0.396 e. The first kappa shape index (κ1) is 13.7. The Morgan fingerprint density at radius 1 is 1.18 bits per heavy atom. The molecule has 0 fully saturated rings. The van der Waals surface area contributed by atoms with E-state index in [4.69, 9.17) is 0 Å². The van der Waals surface area contributed by atoms with Crippen molar-refractivity contribution < 1.29 is 18.0 Å². The summed E-state index contributed by atoms with van der Waals surface area (Å²) in [5.41, 5.74) is 1.77. The van der Waals surface area contributed by atoms with E-state index in [0.717, 1.165) is 5.56 Å². The van der Waals surface area contributed by atoms with E-state index in [1.807, 2.05) is 19.9 Å². The Balaban J connectivity index is 3.05. The van der Waals surface area contributed by atoms with Crippen molar-refractivity contribution in [2.45, 2.75) is 39.3 Å². The quantitative estimate of drug-likeness (QED) is 0.733. The molecule has 0 atom stereocenters. The van der Waals surface area contributed by atoms with Crippen molar-refractivity contribution >= 4 is 5.78 Å². The second-order valence-corrected chi connectivity index (χ2v) is 3.91. The molecule has 17 heavy (non-hydrogen) atoms. The minimum absolute atomic E-state index is 0.212. The van der Waals surface area contributed by atoms with Crippen LogP contribution in [0.2, 0.25) is 0 Å². The molecule has 0 amide bonds. The highest BCUT2D eigenvalue weighted by molar-refractivity contribution is 5.98. The summed E-state index contributed by atoms with van der Waals surface area (Å²) >= 11 is 0. The SMILES string of the molecule is CCc1ccc(CC)c(C(=O)CC(F)(F)F)c1. The van der Waals surface area contributed by atoms with Gasteiger partial charge >= 0.3 is 6.18 Å². The van der Waals surface area contributed by atoms with Crippen molar-refractivity contribution in [2.75, 3.05) is 0 Å². The number of carbonyl (C=O) groups excluding carboxylic acids is 1. The lowest BCUT2D eigenvalue weighted by Crippen LogP contribution is -2.16. The molecule has 0 N–H and O–H groups in total. The summed E-state index contributed by atoms with van der Waals surface area (Å²) in [6.45, 7) is 3.73. The normalized spacial score (nSPS) is 11.6. The molecule has 1 aromatic rings. The van der Waals surface area contributed by atoms with Gasteiger partial charge in [0.1, 0.15) is 6.42 Å². The summed E-state index contributed by atoms with van der Waals surface area (Å²) < 4.78 is 36.6. The van der Waals surface area contributed by atoms with Crippen molar-refractivity contribution in [2.24, 2.45) is 0 Å². The number of carbonyl (C=O) groups is 1. The van der Waals surface area contributed by atoms with Crippen molar-refractivity contribution in [3.05, 3.63) is 34.9 Å². The third kappa shape index (κ3) is 3.88. The summed E-state index contributed by atoms with van der Waals surface area (Å²) in [4.78, 5) is 11.6. The predicted octanol–water partition coefficient (Wildman–Crippen LogP) is 3.95. The number of rotatable bonds is 4. The second-order valence-electron chi connectivity index (χ2n) is 3.91. The zero-order valence-electron chi connectivity index (χ0n) is 9.90. The van der Waals surface area contributed by atoms with Crippen LogP contribution in [0, 0.1) is 0 Å². The number of hydrogen-bond donors (Lipinski definition) is 0. The number of Topliss-reactive ketones (excluding diaryl/α,β-unsaturated/α-hetero) is 1. The summed E-state index contributed by atoms with van der Waals surface area (Å²) in [5.74, 6) is -0.843. The fraction of sp³-hybridized carbons (Fsp3) is 0.462. The van der Waals surface area contributed by atoms with Gasteiger partial charge in [-0.15, -0.1) is 0 Å². The van der Waals surface area contributed by atoms with E-state index in [2.05, 4.69) is 0 Å². The summed E-state index contributed by atoms with van der Waals surface area (Å²) in [5, 5.41) is 0. The number of halogens is 3. The maximum atomic E-state index is 12.2. The van der Waals surface area contributed by atoms with Crippen LogP contribution in [0.3, 0.4) is 0 Å². The Hall–Kier alpha value is -1.32. The molecule has 1 nitrogen and oxygen atoms in total. The van der Waals surface area contributed by atoms with E-state index in [0.29, 0.717) is 18.4 Å².